The molecule has 1 fully saturated rings. The average molecular weight is 379 g/mol. The fraction of sp³-hybridized carbons (Fsp3) is 0.538. The molecule has 0 radical (unpaired) electrons. The van der Waals surface area contributed by atoms with E-state index in [1.165, 1.54) is 69.3 Å². The third kappa shape index (κ3) is 5.68. The second-order valence-electron chi connectivity index (χ2n) is 8.40. The molecule has 2 aromatic rings. The van der Waals surface area contributed by atoms with Crippen LogP contribution in [0.4, 0.5) is 0 Å². The van der Waals surface area contributed by atoms with Gasteiger partial charge in [0.25, 0.3) is 0 Å². The van der Waals surface area contributed by atoms with Gasteiger partial charge in [0.2, 0.25) is 0 Å². The third-order valence-corrected chi connectivity index (χ3v) is 6.51. The molecule has 1 heterocycles. The van der Waals surface area contributed by atoms with Crippen molar-refractivity contribution in [1.82, 2.24) is 10.2 Å². The molecule has 1 aliphatic rings. The van der Waals surface area contributed by atoms with Gasteiger partial charge in [0.05, 0.1) is 0 Å². The molecular weight excluding hydrogens is 340 g/mol. The van der Waals surface area contributed by atoms with Crippen LogP contribution in [0.3, 0.4) is 0 Å². The van der Waals surface area contributed by atoms with E-state index in [0.29, 0.717) is 6.04 Å². The van der Waals surface area contributed by atoms with Gasteiger partial charge in [0.1, 0.15) is 0 Å². The molecule has 0 aliphatic carbocycles. The van der Waals surface area contributed by atoms with Crippen LogP contribution >= 0.6 is 0 Å². The highest BCUT2D eigenvalue weighted by Crippen LogP contribution is 2.32. The van der Waals surface area contributed by atoms with E-state index in [4.69, 9.17) is 0 Å². The Labute approximate surface area is 172 Å². The number of benzene rings is 2. The SMILES string of the molecule is CCCCC(CC)(NC1CCN(CCc2ccccc2)CC1)c1ccccc1. The number of unbranched alkanes of at least 4 members (excludes halogenated alkanes) is 1. The van der Waals surface area contributed by atoms with Crippen molar-refractivity contribution < 1.29 is 0 Å². The molecule has 1 saturated heterocycles. The lowest BCUT2D eigenvalue weighted by atomic mass is 9.81. The van der Waals surface area contributed by atoms with E-state index in [9.17, 15) is 0 Å². The minimum Gasteiger partial charge on any atom is -0.304 e. The lowest BCUT2D eigenvalue weighted by molar-refractivity contribution is 0.161. The molecule has 28 heavy (non-hydrogen) atoms. The summed E-state index contributed by atoms with van der Waals surface area (Å²) in [6.07, 6.45) is 8.62. The van der Waals surface area contributed by atoms with Crippen LogP contribution in [0.15, 0.2) is 60.7 Å². The van der Waals surface area contributed by atoms with E-state index in [2.05, 4.69) is 84.7 Å². The number of piperidine rings is 1. The number of hydrogen-bond acceptors (Lipinski definition) is 2. The topological polar surface area (TPSA) is 15.3 Å². The first kappa shape index (κ1) is 21.1. The van der Waals surface area contributed by atoms with Crippen LogP contribution in [0.1, 0.15) is 63.5 Å². The van der Waals surface area contributed by atoms with Gasteiger partial charge in [-0.2, -0.15) is 0 Å². The van der Waals surface area contributed by atoms with Crippen molar-refractivity contribution in [2.45, 2.75) is 70.4 Å². The molecule has 3 rings (SSSR count). The minimum atomic E-state index is 0.133. The first-order valence-corrected chi connectivity index (χ1v) is 11.4. The summed E-state index contributed by atoms with van der Waals surface area (Å²) in [5.41, 5.74) is 3.06. The molecule has 0 saturated carbocycles. The maximum absolute atomic E-state index is 4.14. The Morgan fingerprint density at radius 2 is 1.57 bits per heavy atom. The Kier molecular flexibility index (Phi) is 8.12. The van der Waals surface area contributed by atoms with Gasteiger partial charge >= 0.3 is 0 Å². The summed E-state index contributed by atoms with van der Waals surface area (Å²) in [5, 5.41) is 4.14. The molecule has 2 nitrogen and oxygen atoms in total. The Balaban J connectivity index is 1.56. The van der Waals surface area contributed by atoms with E-state index in [-0.39, 0.29) is 5.54 Å². The standard InChI is InChI=1S/C26H38N2/c1-3-5-19-26(4-2,24-14-10-7-11-15-24)27-25-17-21-28(22-18-25)20-16-23-12-8-6-9-13-23/h6-15,25,27H,3-5,16-22H2,1-2H3. The molecule has 1 atom stereocenters. The summed E-state index contributed by atoms with van der Waals surface area (Å²) >= 11 is 0. The number of likely N-dealkylation sites (tertiary alicyclic amines) is 1. The molecule has 0 spiro atoms. The molecule has 1 aliphatic heterocycles. The number of nitrogens with zero attached hydrogens (tertiary/aromatic N) is 1. The van der Waals surface area contributed by atoms with Crippen LogP contribution in [-0.2, 0) is 12.0 Å². The van der Waals surface area contributed by atoms with E-state index < -0.39 is 0 Å². The van der Waals surface area contributed by atoms with Crippen molar-refractivity contribution in [3.63, 3.8) is 0 Å². The minimum absolute atomic E-state index is 0.133. The summed E-state index contributed by atoms with van der Waals surface area (Å²) in [7, 11) is 0. The second kappa shape index (κ2) is 10.8. The highest BCUT2D eigenvalue weighted by molar-refractivity contribution is 5.25. The van der Waals surface area contributed by atoms with Gasteiger partial charge in [-0.3, -0.25) is 0 Å². The van der Waals surface area contributed by atoms with Gasteiger partial charge in [-0.15, -0.1) is 0 Å². The lowest BCUT2D eigenvalue weighted by Gasteiger charge is -2.42. The fourth-order valence-electron chi connectivity index (χ4n) is 4.64. The summed E-state index contributed by atoms with van der Waals surface area (Å²) in [5.74, 6) is 0. The van der Waals surface area contributed by atoms with Crippen molar-refractivity contribution in [3.05, 3.63) is 71.8 Å². The summed E-state index contributed by atoms with van der Waals surface area (Å²) < 4.78 is 0. The summed E-state index contributed by atoms with van der Waals surface area (Å²) in [4.78, 5) is 2.65. The summed E-state index contributed by atoms with van der Waals surface area (Å²) in [6, 6.07) is 22.7. The molecule has 0 bridgehead atoms. The zero-order chi connectivity index (χ0) is 19.7. The zero-order valence-corrected chi connectivity index (χ0v) is 17.9. The molecule has 0 aromatic heterocycles. The Bertz CT molecular complexity index is 661. The van der Waals surface area contributed by atoms with E-state index in [1.807, 2.05) is 0 Å². The van der Waals surface area contributed by atoms with Crippen molar-refractivity contribution in [2.75, 3.05) is 19.6 Å². The van der Waals surface area contributed by atoms with Crippen molar-refractivity contribution in [3.8, 4) is 0 Å². The van der Waals surface area contributed by atoms with Crippen LogP contribution < -0.4 is 5.32 Å². The van der Waals surface area contributed by atoms with Crippen molar-refractivity contribution in [1.29, 1.82) is 0 Å². The van der Waals surface area contributed by atoms with Gasteiger partial charge < -0.3 is 10.2 Å². The van der Waals surface area contributed by atoms with Gasteiger partial charge in [-0.05, 0) is 56.3 Å². The van der Waals surface area contributed by atoms with Gasteiger partial charge in [0.15, 0.2) is 0 Å². The van der Waals surface area contributed by atoms with Crippen LogP contribution in [0.2, 0.25) is 0 Å². The average Bonchev–Trinajstić information content (AvgIpc) is 2.77. The molecule has 2 heteroatoms. The van der Waals surface area contributed by atoms with Gasteiger partial charge in [-0.25, -0.2) is 0 Å². The number of nitrogens with one attached hydrogen (secondary N) is 1. The van der Waals surface area contributed by atoms with Crippen LogP contribution in [0.5, 0.6) is 0 Å². The van der Waals surface area contributed by atoms with Crippen LogP contribution in [0, 0.1) is 0 Å². The van der Waals surface area contributed by atoms with Gasteiger partial charge in [0, 0.05) is 18.1 Å². The van der Waals surface area contributed by atoms with E-state index >= 15 is 0 Å². The molecule has 0 amide bonds. The third-order valence-electron chi connectivity index (χ3n) is 6.51. The predicted octanol–water partition coefficient (Wildman–Crippen LogP) is 5.78. The second-order valence-corrected chi connectivity index (χ2v) is 8.40. The highest BCUT2D eigenvalue weighted by atomic mass is 15.1. The van der Waals surface area contributed by atoms with Crippen LogP contribution in [0.25, 0.3) is 0 Å². The van der Waals surface area contributed by atoms with E-state index in [0.717, 1.165) is 6.42 Å². The Hall–Kier alpha value is -1.64. The number of hydrogen-bond donors (Lipinski definition) is 1. The fourth-order valence-corrected chi connectivity index (χ4v) is 4.64. The summed E-state index contributed by atoms with van der Waals surface area (Å²) in [6.45, 7) is 8.27. The molecule has 1 N–H and O–H groups in total. The van der Waals surface area contributed by atoms with Crippen molar-refractivity contribution in [2.24, 2.45) is 0 Å². The quantitative estimate of drug-likeness (QED) is 0.564. The van der Waals surface area contributed by atoms with Crippen molar-refractivity contribution >= 4 is 0 Å². The van der Waals surface area contributed by atoms with Gasteiger partial charge in [-0.1, -0.05) is 87.4 Å². The molecule has 2 aromatic carbocycles. The highest BCUT2D eigenvalue weighted by Gasteiger charge is 2.33. The molecule has 152 valence electrons. The smallest absolute Gasteiger partial charge is 0.0434 e. The van der Waals surface area contributed by atoms with E-state index in [1.54, 1.807) is 0 Å². The largest absolute Gasteiger partial charge is 0.304 e. The molecule has 1 unspecified atom stereocenters. The maximum atomic E-state index is 4.14. The normalized spacial score (nSPS) is 18.1. The Morgan fingerprint density at radius 1 is 0.929 bits per heavy atom. The molecular formula is C26H38N2. The number of rotatable bonds is 10. The van der Waals surface area contributed by atoms with Crippen LogP contribution in [-0.4, -0.2) is 30.6 Å². The Morgan fingerprint density at radius 3 is 2.18 bits per heavy atom. The predicted molar refractivity (Wildman–Crippen MR) is 121 cm³/mol. The first-order valence-electron chi connectivity index (χ1n) is 11.4. The monoisotopic (exact) mass is 378 g/mol. The first-order chi connectivity index (χ1) is 13.8. The zero-order valence-electron chi connectivity index (χ0n) is 17.9. The maximum Gasteiger partial charge on any atom is 0.0434 e. The lowest BCUT2D eigenvalue weighted by Crippen LogP contribution is -2.52.